The molecule has 0 saturated heterocycles. The van der Waals surface area contributed by atoms with Crippen molar-refractivity contribution < 1.29 is 9.18 Å². The van der Waals surface area contributed by atoms with Crippen LogP contribution in [0, 0.1) is 5.82 Å². The Kier molecular flexibility index (Phi) is 3.96. The van der Waals surface area contributed by atoms with E-state index in [1.54, 1.807) is 20.2 Å². The Bertz CT molecular complexity index is 911. The molecule has 0 aliphatic carbocycles. The predicted molar refractivity (Wildman–Crippen MR) is 88.0 cm³/mol. The van der Waals surface area contributed by atoms with Crippen LogP contribution < -0.4 is 0 Å². The van der Waals surface area contributed by atoms with Crippen LogP contribution in [0.15, 0.2) is 42.7 Å². The Hall–Kier alpha value is -2.53. The third-order valence-electron chi connectivity index (χ3n) is 3.53. The molecule has 0 radical (unpaired) electrons. The molecule has 0 bridgehead atoms. The van der Waals surface area contributed by atoms with E-state index in [9.17, 15) is 9.18 Å². The summed E-state index contributed by atoms with van der Waals surface area (Å²) in [5, 5.41) is 1.04. The van der Waals surface area contributed by atoms with E-state index in [0.29, 0.717) is 21.6 Å². The maximum Gasteiger partial charge on any atom is 0.256 e. The van der Waals surface area contributed by atoms with Crippen LogP contribution in [0.3, 0.4) is 0 Å². The summed E-state index contributed by atoms with van der Waals surface area (Å²) in [6.45, 7) is 0. The molecule has 0 aliphatic heterocycles. The number of carbonyl (C=O) groups excluding carboxylic acids is 1. The molecule has 23 heavy (non-hydrogen) atoms. The number of nitrogens with zero attached hydrogens (tertiary/aromatic N) is 3. The summed E-state index contributed by atoms with van der Waals surface area (Å²) in [5.41, 5.74) is 2.03. The summed E-state index contributed by atoms with van der Waals surface area (Å²) >= 11 is 6.07. The van der Waals surface area contributed by atoms with Gasteiger partial charge in [-0.15, -0.1) is 0 Å². The fraction of sp³-hybridized carbons (Fsp3) is 0.118. The molecule has 116 valence electrons. The van der Waals surface area contributed by atoms with Gasteiger partial charge in [-0.3, -0.25) is 4.79 Å². The van der Waals surface area contributed by atoms with Crippen LogP contribution in [0.4, 0.5) is 4.39 Å². The molecule has 0 spiro atoms. The van der Waals surface area contributed by atoms with Crippen LogP contribution >= 0.6 is 11.6 Å². The highest BCUT2D eigenvalue weighted by Crippen LogP contribution is 2.30. The zero-order valence-corrected chi connectivity index (χ0v) is 13.3. The van der Waals surface area contributed by atoms with Crippen LogP contribution in [0.25, 0.3) is 22.0 Å². The Morgan fingerprint density at radius 2 is 1.96 bits per heavy atom. The molecule has 0 saturated carbocycles. The molecule has 6 heteroatoms. The quantitative estimate of drug-likeness (QED) is 0.672. The molecule has 0 unspecified atom stereocenters. The van der Waals surface area contributed by atoms with Gasteiger partial charge in [0.2, 0.25) is 0 Å². The van der Waals surface area contributed by atoms with Crippen LogP contribution in [-0.4, -0.2) is 34.9 Å². The van der Waals surface area contributed by atoms with Gasteiger partial charge >= 0.3 is 0 Å². The summed E-state index contributed by atoms with van der Waals surface area (Å²) in [4.78, 5) is 21.4. The third kappa shape index (κ3) is 2.75. The smallest absolute Gasteiger partial charge is 0.256 e. The number of halogens is 2. The molecule has 1 aromatic heterocycles. The molecule has 3 aromatic rings. The maximum absolute atomic E-state index is 14.3. The number of hydrogen-bond acceptors (Lipinski definition) is 3. The van der Waals surface area contributed by atoms with E-state index in [2.05, 4.69) is 9.97 Å². The summed E-state index contributed by atoms with van der Waals surface area (Å²) in [7, 11) is 3.17. The van der Waals surface area contributed by atoms with Crippen LogP contribution in [0.1, 0.15) is 10.4 Å². The number of amides is 1. The Balaban J connectivity index is 2.15. The van der Waals surface area contributed by atoms with E-state index in [1.165, 1.54) is 23.4 Å². The largest absolute Gasteiger partial charge is 0.345 e. The number of hydrogen-bond donors (Lipinski definition) is 0. The Morgan fingerprint density at radius 1 is 1.17 bits per heavy atom. The minimum atomic E-state index is -0.571. The Labute approximate surface area is 137 Å². The van der Waals surface area contributed by atoms with Crippen molar-refractivity contribution in [3.05, 3.63) is 59.3 Å². The Morgan fingerprint density at radius 3 is 2.65 bits per heavy atom. The van der Waals surface area contributed by atoms with Gasteiger partial charge in [0.1, 0.15) is 17.3 Å². The zero-order valence-electron chi connectivity index (χ0n) is 12.5. The highest BCUT2D eigenvalue weighted by molar-refractivity contribution is 6.34. The lowest BCUT2D eigenvalue weighted by Gasteiger charge is -2.12. The first-order chi connectivity index (χ1) is 11.0. The van der Waals surface area contributed by atoms with E-state index < -0.39 is 5.82 Å². The molecule has 0 fully saturated rings. The minimum absolute atomic E-state index is 0.0339. The van der Waals surface area contributed by atoms with Crippen molar-refractivity contribution in [3.8, 4) is 11.1 Å². The molecule has 0 atom stereocenters. The number of para-hydroxylation sites is 1. The van der Waals surface area contributed by atoms with Gasteiger partial charge in [-0.05, 0) is 23.8 Å². The standard InChI is InChI=1S/C17H13ClFN3O/c1-22(2)17(23)12-7-6-10(8-14(12)19)11-4-3-5-13-15(11)20-9-21-16(13)18/h3-9H,1-2H3. The number of aromatic nitrogens is 2. The maximum atomic E-state index is 14.3. The SMILES string of the molecule is CN(C)C(=O)c1ccc(-c2cccc3c(Cl)ncnc23)cc1F. The van der Waals surface area contributed by atoms with Gasteiger partial charge in [0.15, 0.2) is 0 Å². The van der Waals surface area contributed by atoms with Crippen LogP contribution in [-0.2, 0) is 0 Å². The summed E-state index contributed by atoms with van der Waals surface area (Å²) in [6, 6.07) is 9.96. The summed E-state index contributed by atoms with van der Waals surface area (Å²) in [6.07, 6.45) is 1.37. The molecule has 0 aliphatic rings. The number of rotatable bonds is 2. The monoisotopic (exact) mass is 329 g/mol. The molecule has 1 amide bonds. The molecule has 4 nitrogen and oxygen atoms in total. The second kappa shape index (κ2) is 5.93. The molecule has 3 rings (SSSR count). The molecule has 2 aromatic carbocycles. The second-order valence-electron chi connectivity index (χ2n) is 5.26. The number of benzene rings is 2. The lowest BCUT2D eigenvalue weighted by molar-refractivity contribution is 0.0823. The highest BCUT2D eigenvalue weighted by atomic mass is 35.5. The van der Waals surface area contributed by atoms with E-state index in [4.69, 9.17) is 11.6 Å². The van der Waals surface area contributed by atoms with Gasteiger partial charge in [-0.25, -0.2) is 14.4 Å². The van der Waals surface area contributed by atoms with Crippen LogP contribution in [0.5, 0.6) is 0 Å². The zero-order chi connectivity index (χ0) is 16.6. The lowest BCUT2D eigenvalue weighted by Crippen LogP contribution is -2.22. The van der Waals surface area contributed by atoms with Gasteiger partial charge in [-0.2, -0.15) is 0 Å². The van der Waals surface area contributed by atoms with Gasteiger partial charge in [-0.1, -0.05) is 29.8 Å². The predicted octanol–water partition coefficient (Wildman–Crippen LogP) is 3.79. The van der Waals surface area contributed by atoms with Gasteiger partial charge < -0.3 is 4.90 Å². The van der Waals surface area contributed by atoms with Crippen molar-refractivity contribution in [1.82, 2.24) is 14.9 Å². The van der Waals surface area contributed by atoms with E-state index in [1.807, 2.05) is 18.2 Å². The summed E-state index contributed by atoms with van der Waals surface area (Å²) < 4.78 is 14.3. The normalized spacial score (nSPS) is 10.8. The van der Waals surface area contributed by atoms with Gasteiger partial charge in [0.25, 0.3) is 5.91 Å². The highest BCUT2D eigenvalue weighted by Gasteiger charge is 2.15. The molecular weight excluding hydrogens is 317 g/mol. The fourth-order valence-electron chi connectivity index (χ4n) is 2.39. The minimum Gasteiger partial charge on any atom is -0.345 e. The van der Waals surface area contributed by atoms with E-state index in [0.717, 1.165) is 5.56 Å². The van der Waals surface area contributed by atoms with Crippen molar-refractivity contribution in [2.24, 2.45) is 0 Å². The first-order valence-electron chi connectivity index (χ1n) is 6.90. The topological polar surface area (TPSA) is 46.1 Å². The van der Waals surface area contributed by atoms with Gasteiger partial charge in [0, 0.05) is 25.0 Å². The van der Waals surface area contributed by atoms with E-state index in [-0.39, 0.29) is 11.5 Å². The second-order valence-corrected chi connectivity index (χ2v) is 5.62. The first-order valence-corrected chi connectivity index (χ1v) is 7.27. The van der Waals surface area contributed by atoms with E-state index >= 15 is 0 Å². The average molecular weight is 330 g/mol. The number of fused-ring (bicyclic) bond motifs is 1. The number of carbonyl (C=O) groups is 1. The van der Waals surface area contributed by atoms with Crippen molar-refractivity contribution in [1.29, 1.82) is 0 Å². The van der Waals surface area contributed by atoms with Crippen molar-refractivity contribution in [2.45, 2.75) is 0 Å². The summed E-state index contributed by atoms with van der Waals surface area (Å²) in [5.74, 6) is -0.948. The average Bonchev–Trinajstić information content (AvgIpc) is 2.54. The van der Waals surface area contributed by atoms with Crippen molar-refractivity contribution in [3.63, 3.8) is 0 Å². The van der Waals surface area contributed by atoms with Crippen molar-refractivity contribution >= 4 is 28.4 Å². The lowest BCUT2D eigenvalue weighted by atomic mass is 10.0. The first kappa shape index (κ1) is 15.4. The molecular formula is C17H13ClFN3O. The molecule has 0 N–H and O–H groups in total. The van der Waals surface area contributed by atoms with Crippen LogP contribution in [0.2, 0.25) is 5.15 Å². The van der Waals surface area contributed by atoms with Crippen molar-refractivity contribution in [2.75, 3.05) is 14.1 Å². The van der Waals surface area contributed by atoms with Gasteiger partial charge in [0.05, 0.1) is 11.1 Å². The third-order valence-corrected chi connectivity index (χ3v) is 3.83. The fourth-order valence-corrected chi connectivity index (χ4v) is 2.58. The molecule has 1 heterocycles.